The van der Waals surface area contributed by atoms with E-state index in [4.69, 9.17) is 5.11 Å². The van der Waals surface area contributed by atoms with Gasteiger partial charge in [-0.1, -0.05) is 0 Å². The Morgan fingerprint density at radius 2 is 2.00 bits per heavy atom. The predicted molar refractivity (Wildman–Crippen MR) is 42.3 cm³/mol. The van der Waals surface area contributed by atoms with Gasteiger partial charge in [0.05, 0.1) is 0 Å². The summed E-state index contributed by atoms with van der Waals surface area (Å²) in [6.45, 7) is 0.347. The zero-order valence-corrected chi connectivity index (χ0v) is 6.53. The molecule has 0 aromatic carbocycles. The van der Waals surface area contributed by atoms with Gasteiger partial charge in [0, 0.05) is 6.61 Å². The minimum atomic E-state index is 0.347. The number of rotatable bonds is 1. The first-order valence-electron chi connectivity index (χ1n) is 3.55. The smallest absolute Gasteiger partial charge is 0.0465 e. The van der Waals surface area contributed by atoms with Crippen LogP contribution in [0.1, 0.15) is 11.1 Å². The molecule has 0 radical (unpaired) electrons. The molecular formula is C8H10OS. The number of aliphatic hydroxyl groups excluding tert-OH is 1. The van der Waals surface area contributed by atoms with Gasteiger partial charge in [-0.25, -0.2) is 0 Å². The summed E-state index contributed by atoms with van der Waals surface area (Å²) in [6, 6.07) is 0. The molecule has 1 aliphatic carbocycles. The quantitative estimate of drug-likeness (QED) is 0.649. The highest BCUT2D eigenvalue weighted by atomic mass is 32.1. The van der Waals surface area contributed by atoms with Gasteiger partial charge in [-0.2, -0.15) is 11.3 Å². The molecule has 0 saturated carbocycles. The number of thiophene rings is 1. The van der Waals surface area contributed by atoms with Crippen molar-refractivity contribution in [1.29, 1.82) is 0 Å². The summed E-state index contributed by atoms with van der Waals surface area (Å²) in [6.07, 6.45) is 2.19. The third kappa shape index (κ3) is 0.879. The minimum Gasteiger partial charge on any atom is -0.396 e. The van der Waals surface area contributed by atoms with Gasteiger partial charge in [-0.3, -0.25) is 0 Å². The average Bonchev–Trinajstić information content (AvgIpc) is 2.42. The molecule has 1 nitrogen and oxygen atoms in total. The lowest BCUT2D eigenvalue weighted by atomic mass is 10.1. The van der Waals surface area contributed by atoms with Crippen molar-refractivity contribution >= 4 is 11.3 Å². The predicted octanol–water partition coefficient (Wildman–Crippen LogP) is 1.46. The second kappa shape index (κ2) is 2.36. The SMILES string of the molecule is OCC1Cc2cscc2C1. The topological polar surface area (TPSA) is 20.2 Å². The highest BCUT2D eigenvalue weighted by molar-refractivity contribution is 7.08. The van der Waals surface area contributed by atoms with Crippen LogP contribution in [0.4, 0.5) is 0 Å². The molecule has 1 aliphatic rings. The van der Waals surface area contributed by atoms with E-state index >= 15 is 0 Å². The van der Waals surface area contributed by atoms with Gasteiger partial charge < -0.3 is 5.11 Å². The molecule has 1 aromatic rings. The zero-order valence-electron chi connectivity index (χ0n) is 5.71. The van der Waals surface area contributed by atoms with Crippen molar-refractivity contribution in [3.8, 4) is 0 Å². The molecule has 0 unspecified atom stereocenters. The Labute approximate surface area is 64.3 Å². The minimum absolute atomic E-state index is 0.347. The Morgan fingerprint density at radius 1 is 1.40 bits per heavy atom. The second-order valence-electron chi connectivity index (χ2n) is 2.88. The van der Waals surface area contributed by atoms with E-state index in [1.807, 2.05) is 0 Å². The van der Waals surface area contributed by atoms with Gasteiger partial charge in [0.1, 0.15) is 0 Å². The van der Waals surface area contributed by atoms with Gasteiger partial charge in [-0.15, -0.1) is 0 Å². The molecule has 54 valence electrons. The fourth-order valence-corrected chi connectivity index (χ4v) is 2.42. The molecule has 2 rings (SSSR count). The van der Waals surface area contributed by atoms with Crippen molar-refractivity contribution in [3.05, 3.63) is 21.9 Å². The lowest BCUT2D eigenvalue weighted by Crippen LogP contribution is -2.04. The Hall–Kier alpha value is -0.340. The van der Waals surface area contributed by atoms with Crippen LogP contribution in [0, 0.1) is 5.92 Å². The highest BCUT2D eigenvalue weighted by Gasteiger charge is 2.20. The first-order valence-corrected chi connectivity index (χ1v) is 4.49. The van der Waals surface area contributed by atoms with Crippen LogP contribution in [-0.2, 0) is 12.8 Å². The molecule has 1 heterocycles. The van der Waals surface area contributed by atoms with Gasteiger partial charge in [-0.05, 0) is 40.6 Å². The second-order valence-corrected chi connectivity index (χ2v) is 3.62. The van der Waals surface area contributed by atoms with E-state index < -0.39 is 0 Å². The summed E-state index contributed by atoms with van der Waals surface area (Å²) in [5.74, 6) is 0.512. The van der Waals surface area contributed by atoms with Crippen molar-refractivity contribution in [1.82, 2.24) is 0 Å². The Balaban J connectivity index is 2.21. The maximum absolute atomic E-state index is 8.86. The number of hydrogen-bond acceptors (Lipinski definition) is 2. The molecule has 2 heteroatoms. The van der Waals surface area contributed by atoms with E-state index in [2.05, 4.69) is 10.8 Å². The monoisotopic (exact) mass is 154 g/mol. The molecule has 0 bridgehead atoms. The molecule has 0 saturated heterocycles. The summed E-state index contributed by atoms with van der Waals surface area (Å²) < 4.78 is 0. The van der Waals surface area contributed by atoms with E-state index in [9.17, 15) is 0 Å². The molecule has 0 fully saturated rings. The van der Waals surface area contributed by atoms with Crippen LogP contribution >= 0.6 is 11.3 Å². The molecule has 1 N–H and O–H groups in total. The average molecular weight is 154 g/mol. The number of aliphatic hydroxyl groups is 1. The fourth-order valence-electron chi connectivity index (χ4n) is 1.53. The van der Waals surface area contributed by atoms with Crippen molar-refractivity contribution in [2.75, 3.05) is 6.61 Å². The molecule has 0 aliphatic heterocycles. The normalized spacial score (nSPS) is 17.7. The van der Waals surface area contributed by atoms with Crippen molar-refractivity contribution in [2.45, 2.75) is 12.8 Å². The van der Waals surface area contributed by atoms with Crippen LogP contribution in [-0.4, -0.2) is 11.7 Å². The summed E-state index contributed by atoms with van der Waals surface area (Å²) in [5.41, 5.74) is 2.92. The van der Waals surface area contributed by atoms with Gasteiger partial charge in [0.15, 0.2) is 0 Å². The summed E-state index contributed by atoms with van der Waals surface area (Å²) in [5, 5.41) is 13.3. The van der Waals surface area contributed by atoms with Crippen molar-refractivity contribution in [3.63, 3.8) is 0 Å². The number of hydrogen-bond donors (Lipinski definition) is 1. The molecular weight excluding hydrogens is 144 g/mol. The van der Waals surface area contributed by atoms with E-state index in [0.29, 0.717) is 12.5 Å². The lowest BCUT2D eigenvalue weighted by molar-refractivity contribution is 0.232. The molecule has 0 amide bonds. The van der Waals surface area contributed by atoms with Crippen molar-refractivity contribution in [2.24, 2.45) is 5.92 Å². The molecule has 1 aromatic heterocycles. The zero-order chi connectivity index (χ0) is 6.97. The van der Waals surface area contributed by atoms with Gasteiger partial charge in [0.25, 0.3) is 0 Å². The first-order chi connectivity index (χ1) is 4.90. The highest BCUT2D eigenvalue weighted by Crippen LogP contribution is 2.28. The van der Waals surface area contributed by atoms with Crippen LogP contribution in [0.5, 0.6) is 0 Å². The Morgan fingerprint density at radius 3 is 2.50 bits per heavy atom. The summed E-state index contributed by atoms with van der Waals surface area (Å²) in [7, 11) is 0. The maximum atomic E-state index is 8.86. The third-order valence-corrected chi connectivity index (χ3v) is 2.95. The van der Waals surface area contributed by atoms with Crippen molar-refractivity contribution < 1.29 is 5.11 Å². The van der Waals surface area contributed by atoms with Gasteiger partial charge in [0.2, 0.25) is 0 Å². The van der Waals surface area contributed by atoms with Crippen LogP contribution < -0.4 is 0 Å². The van der Waals surface area contributed by atoms with E-state index in [1.165, 1.54) is 11.1 Å². The van der Waals surface area contributed by atoms with Gasteiger partial charge >= 0.3 is 0 Å². The third-order valence-electron chi connectivity index (χ3n) is 2.11. The molecule has 10 heavy (non-hydrogen) atoms. The molecule has 0 spiro atoms. The van der Waals surface area contributed by atoms with Crippen LogP contribution in [0.3, 0.4) is 0 Å². The summed E-state index contributed by atoms with van der Waals surface area (Å²) >= 11 is 1.77. The van der Waals surface area contributed by atoms with Crippen LogP contribution in [0.2, 0.25) is 0 Å². The van der Waals surface area contributed by atoms with E-state index in [1.54, 1.807) is 11.3 Å². The Kier molecular flexibility index (Phi) is 1.51. The van der Waals surface area contributed by atoms with Crippen LogP contribution in [0.25, 0.3) is 0 Å². The molecule has 0 atom stereocenters. The first kappa shape index (κ1) is 6.38. The largest absolute Gasteiger partial charge is 0.396 e. The number of fused-ring (bicyclic) bond motifs is 1. The summed E-state index contributed by atoms with van der Waals surface area (Å²) in [4.78, 5) is 0. The maximum Gasteiger partial charge on any atom is 0.0465 e. The Bertz CT molecular complexity index is 208. The van der Waals surface area contributed by atoms with E-state index in [0.717, 1.165) is 12.8 Å². The standard InChI is InChI=1S/C8H10OS/c9-3-6-1-7-4-10-5-8(7)2-6/h4-6,9H,1-3H2. The lowest BCUT2D eigenvalue weighted by Gasteiger charge is -2.00. The fraction of sp³-hybridized carbons (Fsp3) is 0.500. The van der Waals surface area contributed by atoms with Crippen LogP contribution in [0.15, 0.2) is 10.8 Å². The van der Waals surface area contributed by atoms with E-state index in [-0.39, 0.29) is 0 Å².